The summed E-state index contributed by atoms with van der Waals surface area (Å²) in [6.07, 6.45) is 4.07. The number of hydrogen-bond donors (Lipinski definition) is 0. The Balaban J connectivity index is 1.95. The maximum atomic E-state index is 5.69. The van der Waals surface area contributed by atoms with Crippen LogP contribution in [0.15, 0.2) is 0 Å². The fraction of sp³-hybridized carbons (Fsp3) is 1.00. The van der Waals surface area contributed by atoms with Crippen molar-refractivity contribution in [3.8, 4) is 0 Å². The highest BCUT2D eigenvalue weighted by molar-refractivity contribution is 4.88. The van der Waals surface area contributed by atoms with Gasteiger partial charge in [-0.1, -0.05) is 6.92 Å². The van der Waals surface area contributed by atoms with Gasteiger partial charge in [0.15, 0.2) is 0 Å². The Morgan fingerprint density at radius 1 is 1.31 bits per heavy atom. The van der Waals surface area contributed by atoms with Gasteiger partial charge in [-0.2, -0.15) is 0 Å². The fourth-order valence-corrected chi connectivity index (χ4v) is 2.77. The fourth-order valence-electron chi connectivity index (χ4n) is 2.77. The summed E-state index contributed by atoms with van der Waals surface area (Å²) in [4.78, 5) is 2.44. The Labute approximate surface area is 81.3 Å². The molecular weight excluding hydrogens is 162 g/mol. The van der Waals surface area contributed by atoms with Crippen molar-refractivity contribution < 1.29 is 4.74 Å². The molecule has 2 rings (SSSR count). The molecule has 0 saturated carbocycles. The van der Waals surface area contributed by atoms with Gasteiger partial charge in [-0.05, 0) is 50.7 Å². The van der Waals surface area contributed by atoms with E-state index in [-0.39, 0.29) is 0 Å². The monoisotopic (exact) mass is 183 g/mol. The molecule has 2 fully saturated rings. The normalized spacial score (nSPS) is 35.1. The molecular formula is C11H21NO. The number of rotatable bonds is 0. The van der Waals surface area contributed by atoms with Crippen molar-refractivity contribution >= 4 is 0 Å². The van der Waals surface area contributed by atoms with Crippen LogP contribution in [0.1, 0.15) is 26.2 Å². The highest BCUT2D eigenvalue weighted by Gasteiger charge is 2.37. The largest absolute Gasteiger partial charge is 0.381 e. The van der Waals surface area contributed by atoms with Gasteiger partial charge in [-0.3, -0.25) is 0 Å². The highest BCUT2D eigenvalue weighted by Crippen LogP contribution is 2.40. The third kappa shape index (κ3) is 2.05. The number of nitrogens with zero attached hydrogens (tertiary/aromatic N) is 1. The van der Waals surface area contributed by atoms with E-state index >= 15 is 0 Å². The predicted molar refractivity (Wildman–Crippen MR) is 53.8 cm³/mol. The lowest BCUT2D eigenvalue weighted by Crippen LogP contribution is -2.44. The summed E-state index contributed by atoms with van der Waals surface area (Å²) >= 11 is 0. The van der Waals surface area contributed by atoms with E-state index in [4.69, 9.17) is 4.74 Å². The first kappa shape index (κ1) is 9.47. The minimum atomic E-state index is 0.546. The number of likely N-dealkylation sites (tertiary alicyclic amines) is 1. The molecule has 0 radical (unpaired) electrons. The van der Waals surface area contributed by atoms with Crippen LogP contribution >= 0.6 is 0 Å². The third-order valence-electron chi connectivity index (χ3n) is 3.64. The van der Waals surface area contributed by atoms with E-state index in [0.29, 0.717) is 5.41 Å². The van der Waals surface area contributed by atoms with Crippen LogP contribution in [0.3, 0.4) is 0 Å². The molecule has 2 aliphatic heterocycles. The molecule has 0 aliphatic carbocycles. The van der Waals surface area contributed by atoms with Gasteiger partial charge in [0, 0.05) is 6.61 Å². The molecule has 76 valence electrons. The molecule has 2 heteroatoms. The summed E-state index contributed by atoms with van der Waals surface area (Å²) in [5, 5.41) is 0. The van der Waals surface area contributed by atoms with Crippen LogP contribution in [-0.2, 0) is 4.74 Å². The molecule has 13 heavy (non-hydrogen) atoms. The Morgan fingerprint density at radius 3 is 2.62 bits per heavy atom. The molecule has 0 aromatic heterocycles. The molecule has 2 nitrogen and oxygen atoms in total. The molecule has 1 unspecified atom stereocenters. The zero-order valence-corrected chi connectivity index (χ0v) is 8.88. The van der Waals surface area contributed by atoms with E-state index in [2.05, 4.69) is 18.9 Å². The molecule has 2 aliphatic rings. The minimum Gasteiger partial charge on any atom is -0.381 e. The summed E-state index contributed by atoms with van der Waals surface area (Å²) < 4.78 is 5.69. The second-order valence-electron chi connectivity index (χ2n) is 5.13. The van der Waals surface area contributed by atoms with Gasteiger partial charge in [-0.15, -0.1) is 0 Å². The first-order valence-corrected chi connectivity index (χ1v) is 5.47. The maximum absolute atomic E-state index is 5.69. The number of piperidine rings is 1. The van der Waals surface area contributed by atoms with Crippen molar-refractivity contribution in [3.63, 3.8) is 0 Å². The van der Waals surface area contributed by atoms with Crippen LogP contribution in [-0.4, -0.2) is 38.3 Å². The minimum absolute atomic E-state index is 0.546. The molecule has 0 N–H and O–H groups in total. The molecule has 0 aromatic carbocycles. The van der Waals surface area contributed by atoms with Crippen LogP contribution in [0.5, 0.6) is 0 Å². The SMILES string of the molecule is CC1COCC2(CCN(C)CC2)C1. The second kappa shape index (κ2) is 3.58. The molecule has 2 saturated heterocycles. The smallest absolute Gasteiger partial charge is 0.0523 e. The van der Waals surface area contributed by atoms with Crippen LogP contribution in [0.25, 0.3) is 0 Å². The average Bonchev–Trinajstić information content (AvgIpc) is 2.11. The van der Waals surface area contributed by atoms with Gasteiger partial charge >= 0.3 is 0 Å². The van der Waals surface area contributed by atoms with Gasteiger partial charge in [-0.25, -0.2) is 0 Å². The quantitative estimate of drug-likeness (QED) is 0.567. The highest BCUT2D eigenvalue weighted by atomic mass is 16.5. The number of ether oxygens (including phenoxy) is 1. The van der Waals surface area contributed by atoms with Gasteiger partial charge in [0.1, 0.15) is 0 Å². The van der Waals surface area contributed by atoms with E-state index in [1.807, 2.05) is 0 Å². The molecule has 1 spiro atoms. The van der Waals surface area contributed by atoms with E-state index in [9.17, 15) is 0 Å². The van der Waals surface area contributed by atoms with Crippen molar-refractivity contribution in [1.82, 2.24) is 4.90 Å². The topological polar surface area (TPSA) is 12.5 Å². The lowest BCUT2D eigenvalue weighted by molar-refractivity contribution is -0.0640. The van der Waals surface area contributed by atoms with E-state index < -0.39 is 0 Å². The lowest BCUT2D eigenvalue weighted by atomic mass is 9.72. The lowest BCUT2D eigenvalue weighted by Gasteiger charge is -2.44. The van der Waals surface area contributed by atoms with Gasteiger partial charge in [0.25, 0.3) is 0 Å². The van der Waals surface area contributed by atoms with Crippen LogP contribution in [0.2, 0.25) is 0 Å². The Bertz CT molecular complexity index is 173. The summed E-state index contributed by atoms with van der Waals surface area (Å²) in [6.45, 7) is 6.84. The van der Waals surface area contributed by atoms with Crippen LogP contribution < -0.4 is 0 Å². The second-order valence-corrected chi connectivity index (χ2v) is 5.13. The van der Waals surface area contributed by atoms with E-state index in [1.165, 1.54) is 32.4 Å². The average molecular weight is 183 g/mol. The zero-order chi connectivity index (χ0) is 9.31. The van der Waals surface area contributed by atoms with Crippen molar-refractivity contribution in [1.29, 1.82) is 0 Å². The predicted octanol–water partition coefficient (Wildman–Crippen LogP) is 1.75. The van der Waals surface area contributed by atoms with Crippen LogP contribution in [0, 0.1) is 11.3 Å². The van der Waals surface area contributed by atoms with Gasteiger partial charge < -0.3 is 9.64 Å². The molecule has 0 aromatic rings. The first-order chi connectivity index (χ1) is 6.20. The standard InChI is InChI=1S/C11H21NO/c1-10-7-11(9-13-8-10)3-5-12(2)6-4-11/h10H,3-9H2,1-2H3. The Kier molecular flexibility index (Phi) is 2.61. The van der Waals surface area contributed by atoms with Crippen molar-refractivity contribution in [2.75, 3.05) is 33.4 Å². The zero-order valence-electron chi connectivity index (χ0n) is 8.88. The van der Waals surface area contributed by atoms with Crippen molar-refractivity contribution in [3.05, 3.63) is 0 Å². The summed E-state index contributed by atoms with van der Waals surface area (Å²) in [6, 6.07) is 0. The van der Waals surface area contributed by atoms with E-state index in [1.54, 1.807) is 0 Å². The van der Waals surface area contributed by atoms with Gasteiger partial charge in [0.2, 0.25) is 0 Å². The molecule has 1 atom stereocenters. The third-order valence-corrected chi connectivity index (χ3v) is 3.64. The van der Waals surface area contributed by atoms with Crippen LogP contribution in [0.4, 0.5) is 0 Å². The maximum Gasteiger partial charge on any atom is 0.0523 e. The van der Waals surface area contributed by atoms with Crippen molar-refractivity contribution in [2.24, 2.45) is 11.3 Å². The number of hydrogen-bond acceptors (Lipinski definition) is 2. The summed E-state index contributed by atoms with van der Waals surface area (Å²) in [5.74, 6) is 0.775. The summed E-state index contributed by atoms with van der Waals surface area (Å²) in [5.41, 5.74) is 0.546. The first-order valence-electron chi connectivity index (χ1n) is 5.47. The van der Waals surface area contributed by atoms with Gasteiger partial charge in [0.05, 0.1) is 6.61 Å². The Hall–Kier alpha value is -0.0800. The molecule has 0 bridgehead atoms. The molecule has 2 heterocycles. The molecule has 0 amide bonds. The van der Waals surface area contributed by atoms with Crippen molar-refractivity contribution in [2.45, 2.75) is 26.2 Å². The summed E-state index contributed by atoms with van der Waals surface area (Å²) in [7, 11) is 2.22. The Morgan fingerprint density at radius 2 is 2.00 bits per heavy atom. The van der Waals surface area contributed by atoms with E-state index in [0.717, 1.165) is 19.1 Å².